The van der Waals surface area contributed by atoms with Crippen molar-refractivity contribution in [3.63, 3.8) is 0 Å². The molecule has 0 radical (unpaired) electrons. The molecule has 116 valence electrons. The summed E-state index contributed by atoms with van der Waals surface area (Å²) in [5.74, 6) is -0.738. The SMILES string of the molecule is Cc1cccc(CN2CCCC(N(C)CC(=O)O)CC2)c1. The summed E-state index contributed by atoms with van der Waals surface area (Å²) in [7, 11) is 1.93. The van der Waals surface area contributed by atoms with E-state index in [1.54, 1.807) is 0 Å². The molecule has 1 aliphatic rings. The van der Waals surface area contributed by atoms with Crippen LogP contribution in [0.3, 0.4) is 0 Å². The molecule has 1 aromatic rings. The van der Waals surface area contributed by atoms with Crippen LogP contribution in [0.25, 0.3) is 0 Å². The fourth-order valence-electron chi connectivity index (χ4n) is 3.15. The lowest BCUT2D eigenvalue weighted by molar-refractivity contribution is -0.138. The molecule has 4 heteroatoms. The molecule has 0 spiro atoms. The molecule has 0 saturated carbocycles. The molecular formula is C17H26N2O2. The van der Waals surface area contributed by atoms with Crippen molar-refractivity contribution in [2.24, 2.45) is 0 Å². The van der Waals surface area contributed by atoms with Gasteiger partial charge in [-0.15, -0.1) is 0 Å². The van der Waals surface area contributed by atoms with Crippen molar-refractivity contribution in [3.05, 3.63) is 35.4 Å². The van der Waals surface area contributed by atoms with E-state index in [0.717, 1.165) is 38.9 Å². The maximum Gasteiger partial charge on any atom is 0.317 e. The molecule has 1 saturated heterocycles. The minimum atomic E-state index is -0.738. The standard InChI is InChI=1S/C17H26N2O2/c1-14-5-3-6-15(11-14)12-19-9-4-7-16(8-10-19)18(2)13-17(20)21/h3,5-6,11,16H,4,7-10,12-13H2,1-2H3,(H,20,21). The summed E-state index contributed by atoms with van der Waals surface area (Å²) in [6.45, 7) is 5.41. The maximum absolute atomic E-state index is 10.8. The fraction of sp³-hybridized carbons (Fsp3) is 0.588. The lowest BCUT2D eigenvalue weighted by Gasteiger charge is -2.25. The Balaban J connectivity index is 1.87. The Morgan fingerprint density at radius 2 is 2.19 bits per heavy atom. The quantitative estimate of drug-likeness (QED) is 0.904. The predicted molar refractivity (Wildman–Crippen MR) is 84.4 cm³/mol. The van der Waals surface area contributed by atoms with E-state index in [1.165, 1.54) is 11.1 Å². The van der Waals surface area contributed by atoms with Crippen LogP contribution in [-0.2, 0) is 11.3 Å². The normalized spacial score (nSPS) is 20.4. The summed E-state index contributed by atoms with van der Waals surface area (Å²) < 4.78 is 0. The molecule has 0 aromatic heterocycles. The number of aliphatic carboxylic acids is 1. The van der Waals surface area contributed by atoms with Crippen LogP contribution in [-0.4, -0.2) is 53.6 Å². The number of hydrogen-bond donors (Lipinski definition) is 1. The molecule has 1 unspecified atom stereocenters. The Kier molecular flexibility index (Phi) is 5.76. The summed E-state index contributed by atoms with van der Waals surface area (Å²) in [4.78, 5) is 15.3. The Labute approximate surface area is 127 Å². The van der Waals surface area contributed by atoms with Gasteiger partial charge >= 0.3 is 5.97 Å². The number of nitrogens with zero attached hydrogens (tertiary/aromatic N) is 2. The molecule has 2 rings (SSSR count). The minimum Gasteiger partial charge on any atom is -0.480 e. The third kappa shape index (κ3) is 5.14. The van der Waals surface area contributed by atoms with Gasteiger partial charge in [-0.25, -0.2) is 0 Å². The van der Waals surface area contributed by atoms with Gasteiger partial charge in [-0.2, -0.15) is 0 Å². The van der Waals surface area contributed by atoms with Crippen LogP contribution < -0.4 is 0 Å². The van der Waals surface area contributed by atoms with Gasteiger partial charge in [-0.05, 0) is 51.9 Å². The smallest absolute Gasteiger partial charge is 0.317 e. The highest BCUT2D eigenvalue weighted by atomic mass is 16.4. The van der Waals surface area contributed by atoms with Gasteiger partial charge in [-0.1, -0.05) is 29.8 Å². The van der Waals surface area contributed by atoms with Crippen LogP contribution in [0.1, 0.15) is 30.4 Å². The van der Waals surface area contributed by atoms with Crippen LogP contribution in [0.5, 0.6) is 0 Å². The van der Waals surface area contributed by atoms with E-state index in [9.17, 15) is 4.79 Å². The zero-order valence-corrected chi connectivity index (χ0v) is 13.1. The highest BCUT2D eigenvalue weighted by Crippen LogP contribution is 2.18. The van der Waals surface area contributed by atoms with E-state index in [1.807, 2.05) is 11.9 Å². The molecule has 1 aromatic carbocycles. The van der Waals surface area contributed by atoms with E-state index < -0.39 is 5.97 Å². The molecule has 1 fully saturated rings. The number of rotatable bonds is 5. The van der Waals surface area contributed by atoms with Crippen molar-refractivity contribution >= 4 is 5.97 Å². The number of carbonyl (C=O) groups is 1. The molecule has 4 nitrogen and oxygen atoms in total. The Hall–Kier alpha value is -1.39. The van der Waals surface area contributed by atoms with Gasteiger partial charge in [0.1, 0.15) is 0 Å². The molecule has 21 heavy (non-hydrogen) atoms. The average Bonchev–Trinajstić information content (AvgIpc) is 2.63. The number of carboxylic acid groups (broad SMARTS) is 1. The minimum absolute atomic E-state index is 0.141. The maximum atomic E-state index is 10.8. The van der Waals surface area contributed by atoms with Crippen LogP contribution in [0.2, 0.25) is 0 Å². The van der Waals surface area contributed by atoms with Gasteiger partial charge in [0, 0.05) is 12.6 Å². The van der Waals surface area contributed by atoms with E-state index in [-0.39, 0.29) is 6.54 Å². The monoisotopic (exact) mass is 290 g/mol. The highest BCUT2D eigenvalue weighted by molar-refractivity contribution is 5.69. The molecule has 0 bridgehead atoms. The Morgan fingerprint density at radius 1 is 1.38 bits per heavy atom. The first-order chi connectivity index (χ1) is 10.0. The summed E-state index contributed by atoms with van der Waals surface area (Å²) >= 11 is 0. The van der Waals surface area contributed by atoms with Crippen molar-refractivity contribution in [2.45, 2.75) is 38.8 Å². The summed E-state index contributed by atoms with van der Waals surface area (Å²) in [5.41, 5.74) is 2.67. The molecule has 1 N–H and O–H groups in total. The molecule has 1 atom stereocenters. The van der Waals surface area contributed by atoms with Crippen LogP contribution in [0, 0.1) is 6.92 Å². The number of aryl methyl sites for hydroxylation is 1. The number of hydrogen-bond acceptors (Lipinski definition) is 3. The van der Waals surface area contributed by atoms with Crippen molar-refractivity contribution in [3.8, 4) is 0 Å². The van der Waals surface area contributed by atoms with E-state index in [4.69, 9.17) is 5.11 Å². The van der Waals surface area contributed by atoms with Crippen molar-refractivity contribution in [2.75, 3.05) is 26.7 Å². The Bertz CT molecular complexity index is 476. The first-order valence-electron chi connectivity index (χ1n) is 7.74. The fourth-order valence-corrected chi connectivity index (χ4v) is 3.15. The highest BCUT2D eigenvalue weighted by Gasteiger charge is 2.21. The van der Waals surface area contributed by atoms with Crippen molar-refractivity contribution in [1.82, 2.24) is 9.80 Å². The van der Waals surface area contributed by atoms with Crippen LogP contribution in [0.15, 0.2) is 24.3 Å². The van der Waals surface area contributed by atoms with Crippen molar-refractivity contribution < 1.29 is 9.90 Å². The van der Waals surface area contributed by atoms with Gasteiger partial charge in [0.15, 0.2) is 0 Å². The number of likely N-dealkylation sites (tertiary alicyclic amines) is 1. The largest absolute Gasteiger partial charge is 0.480 e. The second kappa shape index (κ2) is 7.57. The lowest BCUT2D eigenvalue weighted by atomic mass is 10.1. The van der Waals surface area contributed by atoms with Crippen LogP contribution in [0.4, 0.5) is 0 Å². The predicted octanol–water partition coefficient (Wildman–Crippen LogP) is 2.37. The average molecular weight is 290 g/mol. The lowest BCUT2D eigenvalue weighted by Crippen LogP contribution is -2.36. The number of benzene rings is 1. The second-order valence-corrected chi connectivity index (χ2v) is 6.16. The molecular weight excluding hydrogens is 264 g/mol. The summed E-state index contributed by atoms with van der Waals surface area (Å²) in [6.07, 6.45) is 3.28. The molecule has 1 aliphatic heterocycles. The molecule has 0 amide bonds. The van der Waals surface area contributed by atoms with E-state index in [0.29, 0.717) is 6.04 Å². The van der Waals surface area contributed by atoms with Crippen LogP contribution >= 0.6 is 0 Å². The summed E-state index contributed by atoms with van der Waals surface area (Å²) in [5, 5.41) is 8.91. The first-order valence-corrected chi connectivity index (χ1v) is 7.74. The molecule has 0 aliphatic carbocycles. The van der Waals surface area contributed by atoms with Gasteiger partial charge in [0.05, 0.1) is 6.54 Å². The van der Waals surface area contributed by atoms with E-state index in [2.05, 4.69) is 36.1 Å². The van der Waals surface area contributed by atoms with E-state index >= 15 is 0 Å². The third-order valence-electron chi connectivity index (χ3n) is 4.29. The zero-order chi connectivity index (χ0) is 15.2. The zero-order valence-electron chi connectivity index (χ0n) is 13.1. The number of carboxylic acids is 1. The van der Waals surface area contributed by atoms with Crippen molar-refractivity contribution in [1.29, 1.82) is 0 Å². The Morgan fingerprint density at radius 3 is 2.90 bits per heavy atom. The second-order valence-electron chi connectivity index (χ2n) is 6.16. The summed E-state index contributed by atoms with van der Waals surface area (Å²) in [6, 6.07) is 9.07. The first kappa shape index (κ1) is 16.0. The third-order valence-corrected chi connectivity index (χ3v) is 4.29. The number of likely N-dealkylation sites (N-methyl/N-ethyl adjacent to an activating group) is 1. The van der Waals surface area contributed by atoms with Gasteiger partial charge in [0.25, 0.3) is 0 Å². The molecule has 1 heterocycles. The topological polar surface area (TPSA) is 43.8 Å². The van der Waals surface area contributed by atoms with Gasteiger partial charge in [0.2, 0.25) is 0 Å². The van der Waals surface area contributed by atoms with Gasteiger partial charge in [-0.3, -0.25) is 14.6 Å². The van der Waals surface area contributed by atoms with Gasteiger partial charge < -0.3 is 5.11 Å².